The van der Waals surface area contributed by atoms with Crippen LogP contribution in [0.4, 0.5) is 0 Å². The lowest BCUT2D eigenvalue weighted by atomic mass is 10.6. The number of halogens is 2. The first-order valence-electron chi connectivity index (χ1n) is 1.90. The molecule has 0 saturated heterocycles. The molecule has 0 aliphatic heterocycles. The third-order valence-electron chi connectivity index (χ3n) is 0.615. The lowest BCUT2D eigenvalue weighted by Crippen LogP contribution is -1.68. The van der Waals surface area contributed by atoms with Crippen LogP contribution < -0.4 is 0 Å². The van der Waals surface area contributed by atoms with Crippen molar-refractivity contribution in [3.63, 3.8) is 0 Å². The van der Waals surface area contributed by atoms with Gasteiger partial charge in [-0.2, -0.15) is 4.98 Å². The van der Waals surface area contributed by atoms with Crippen molar-refractivity contribution in [1.29, 1.82) is 0 Å². The van der Waals surface area contributed by atoms with Crippen LogP contribution in [0.25, 0.3) is 0 Å². The zero-order valence-corrected chi connectivity index (χ0v) is 6.12. The van der Waals surface area contributed by atoms with Gasteiger partial charge in [-0.3, -0.25) is 0 Å². The molecule has 0 aliphatic rings. The van der Waals surface area contributed by atoms with Crippen LogP contribution in [0.15, 0.2) is 10.5 Å². The predicted molar refractivity (Wildman–Crippen MR) is 34.6 cm³/mol. The Morgan fingerprint density at radius 2 is 2.50 bits per heavy atom. The summed E-state index contributed by atoms with van der Waals surface area (Å²) in [5.41, 5.74) is 0. The topological polar surface area (TPSA) is 12.9 Å². The van der Waals surface area contributed by atoms with E-state index in [1.165, 1.54) is 0 Å². The van der Waals surface area contributed by atoms with Gasteiger partial charge in [0.05, 0.1) is 4.47 Å². The Balaban J connectivity index is 3.13. The first-order chi connectivity index (χ1) is 3.80. The lowest BCUT2D eigenvalue weighted by molar-refractivity contribution is 1.33. The number of hydrogen-bond acceptors (Lipinski definition) is 1. The highest BCUT2D eigenvalue weighted by atomic mass is 79.9. The molecule has 0 bridgehead atoms. The Labute approximate surface area is 60.8 Å². The van der Waals surface area contributed by atoms with Gasteiger partial charge < -0.3 is 0 Å². The summed E-state index contributed by atoms with van der Waals surface area (Å²) >= 11 is 8.65. The molecule has 0 fully saturated rings. The van der Waals surface area contributed by atoms with E-state index in [2.05, 4.69) is 33.2 Å². The highest BCUT2D eigenvalue weighted by molar-refractivity contribution is 9.10. The maximum absolute atomic E-state index is 5.50. The minimum Gasteiger partial charge on any atom is -0.184 e. The van der Waals surface area contributed by atoms with Gasteiger partial charge in [0.1, 0.15) is 0 Å². The summed E-state index contributed by atoms with van der Waals surface area (Å²) in [6.45, 7) is 0. The van der Waals surface area contributed by atoms with Gasteiger partial charge in [-0.25, -0.2) is 0 Å². The minimum absolute atomic E-state index is 0.420. The average Bonchev–Trinajstić information content (AvgIpc) is 1.77. The smallest absolute Gasteiger partial charge is 0.154 e. The molecule has 0 saturated carbocycles. The van der Waals surface area contributed by atoms with Crippen molar-refractivity contribution in [2.24, 2.45) is 0 Å². The second-order valence-corrected chi connectivity index (χ2v) is 2.36. The molecule has 0 amide bonds. The van der Waals surface area contributed by atoms with Crippen LogP contribution in [0, 0.1) is 12.3 Å². The fourth-order valence-corrected chi connectivity index (χ4v) is 0.590. The van der Waals surface area contributed by atoms with Crippen molar-refractivity contribution in [3.8, 4) is 0 Å². The van der Waals surface area contributed by atoms with E-state index in [4.69, 9.17) is 11.6 Å². The van der Waals surface area contributed by atoms with Gasteiger partial charge in [0, 0.05) is 12.3 Å². The van der Waals surface area contributed by atoms with E-state index in [1.807, 2.05) is 0 Å². The zero-order chi connectivity index (χ0) is 5.98. The van der Waals surface area contributed by atoms with Crippen LogP contribution >= 0.6 is 27.5 Å². The molecule has 40 valence electrons. The molecule has 1 heterocycles. The Bertz CT molecular complexity index is 169. The third-order valence-corrected chi connectivity index (χ3v) is 1.74. The highest BCUT2D eigenvalue weighted by Crippen LogP contribution is 2.15. The van der Waals surface area contributed by atoms with Gasteiger partial charge in [-0.05, 0) is 22.0 Å². The molecule has 0 atom stereocenters. The maximum Gasteiger partial charge on any atom is 0.154 e. The molecule has 0 aromatic carbocycles. The second kappa shape index (κ2) is 2.34. The van der Waals surface area contributed by atoms with Crippen molar-refractivity contribution < 1.29 is 0 Å². The molecule has 0 spiro atoms. The minimum atomic E-state index is 0.420. The molecule has 3 heteroatoms. The van der Waals surface area contributed by atoms with Crippen molar-refractivity contribution in [2.75, 3.05) is 0 Å². The van der Waals surface area contributed by atoms with Crippen molar-refractivity contribution in [2.45, 2.75) is 0 Å². The van der Waals surface area contributed by atoms with Gasteiger partial charge in [-0.1, -0.05) is 11.6 Å². The monoisotopic (exact) mass is 189 g/mol. The number of rotatable bonds is 0. The van der Waals surface area contributed by atoms with Crippen LogP contribution in [0.3, 0.4) is 0 Å². The van der Waals surface area contributed by atoms with E-state index < -0.39 is 0 Å². The fourth-order valence-electron chi connectivity index (χ4n) is 0.290. The van der Waals surface area contributed by atoms with Gasteiger partial charge >= 0.3 is 0 Å². The zero-order valence-electron chi connectivity index (χ0n) is 3.78. The van der Waals surface area contributed by atoms with Crippen LogP contribution in [-0.2, 0) is 0 Å². The lowest BCUT2D eigenvalue weighted by Gasteiger charge is -1.83. The Morgan fingerprint density at radius 1 is 1.75 bits per heavy atom. The fraction of sp³-hybridized carbons (Fsp3) is 0. The molecule has 1 rings (SSSR count). The Morgan fingerprint density at radius 3 is 2.88 bits per heavy atom. The molecule has 1 nitrogen and oxygen atoms in total. The number of nitrogens with zero attached hydrogens (tertiary/aromatic N) is 1. The summed E-state index contributed by atoms with van der Waals surface area (Å²) in [5, 5.41) is 0.420. The maximum atomic E-state index is 5.50. The largest absolute Gasteiger partial charge is 0.184 e. The molecule has 0 radical (unpaired) electrons. The molecule has 8 heavy (non-hydrogen) atoms. The summed E-state index contributed by atoms with van der Waals surface area (Å²) in [7, 11) is 0. The van der Waals surface area contributed by atoms with Crippen molar-refractivity contribution >= 4 is 27.5 Å². The van der Waals surface area contributed by atoms with Crippen LogP contribution in [0.2, 0.25) is 5.15 Å². The van der Waals surface area contributed by atoms with Gasteiger partial charge in [-0.15, -0.1) is 0 Å². The normalized spacial score (nSPS) is 8.25. The Hall–Kier alpha value is -0.260. The average molecular weight is 190 g/mol. The van der Waals surface area contributed by atoms with Gasteiger partial charge in [0.25, 0.3) is 0 Å². The van der Waals surface area contributed by atoms with Crippen LogP contribution in [-0.4, -0.2) is 4.98 Å². The summed E-state index contributed by atoms with van der Waals surface area (Å²) in [6.07, 6.45) is 2.46. The third kappa shape index (κ3) is 1.12. The van der Waals surface area contributed by atoms with Gasteiger partial charge in [0.15, 0.2) is 5.15 Å². The Kier molecular flexibility index (Phi) is 1.72. The van der Waals surface area contributed by atoms with Crippen LogP contribution in [0.5, 0.6) is 0 Å². The number of hydrogen-bond donors (Lipinski definition) is 0. The van der Waals surface area contributed by atoms with E-state index in [0.717, 1.165) is 4.47 Å². The standard InChI is InChI=1S/C5HBrClN/c6-4-2-1-3-8-5(4)7/h2H. The summed E-state index contributed by atoms with van der Waals surface area (Å²) in [5.74, 6) is 0. The molecule has 0 aliphatic carbocycles. The van der Waals surface area contributed by atoms with Crippen LogP contribution in [0.1, 0.15) is 0 Å². The van der Waals surface area contributed by atoms with Crippen molar-refractivity contribution in [1.82, 2.24) is 4.98 Å². The molecule has 1 aromatic heterocycles. The van der Waals surface area contributed by atoms with E-state index in [1.54, 1.807) is 6.07 Å². The molecule has 0 N–H and O–H groups in total. The highest BCUT2D eigenvalue weighted by Gasteiger charge is 1.90. The quantitative estimate of drug-likeness (QED) is 0.610. The van der Waals surface area contributed by atoms with E-state index in [0.29, 0.717) is 5.15 Å². The van der Waals surface area contributed by atoms with Crippen molar-refractivity contribution in [3.05, 3.63) is 28.0 Å². The first-order valence-corrected chi connectivity index (χ1v) is 3.07. The van der Waals surface area contributed by atoms with E-state index in [-0.39, 0.29) is 0 Å². The first kappa shape index (κ1) is 5.87. The van der Waals surface area contributed by atoms with Gasteiger partial charge in [0.2, 0.25) is 0 Å². The van der Waals surface area contributed by atoms with E-state index in [9.17, 15) is 0 Å². The molecular weight excluding hydrogens is 189 g/mol. The SMILES string of the molecule is Clc1nc#ccc1Br. The molecular formula is C5HBrClN. The summed E-state index contributed by atoms with van der Waals surface area (Å²) < 4.78 is 0.748. The second-order valence-electron chi connectivity index (χ2n) is 1.15. The molecule has 0 unspecified atom stereocenters. The van der Waals surface area contributed by atoms with E-state index >= 15 is 0 Å². The summed E-state index contributed by atoms with van der Waals surface area (Å²) in [4.78, 5) is 3.62. The molecule has 1 aromatic rings. The number of aromatic nitrogens is 1. The summed E-state index contributed by atoms with van der Waals surface area (Å²) in [6, 6.07) is 4.30. The predicted octanol–water partition coefficient (Wildman–Crippen LogP) is 2.10.